The van der Waals surface area contributed by atoms with Crippen molar-refractivity contribution in [1.29, 1.82) is 5.26 Å². The van der Waals surface area contributed by atoms with Gasteiger partial charge in [-0.2, -0.15) is 10.2 Å². The molecule has 5 nitrogen and oxygen atoms in total. The van der Waals surface area contributed by atoms with Gasteiger partial charge in [-0.15, -0.1) is 0 Å². The van der Waals surface area contributed by atoms with Gasteiger partial charge in [0.2, 0.25) is 17.5 Å². The van der Waals surface area contributed by atoms with Crippen LogP contribution < -0.4 is 4.90 Å². The highest BCUT2D eigenvalue weighted by molar-refractivity contribution is 6.30. The largest absolute Gasteiger partial charge is 0.419 e. The molecular formula is C19H14ClN3O2. The first-order valence-electron chi connectivity index (χ1n) is 7.51. The lowest BCUT2D eigenvalue weighted by atomic mass is 10.1. The Labute approximate surface area is 150 Å². The number of carbonyl (C=O) groups excluding carboxylic acids is 1. The minimum absolute atomic E-state index is 0.0490. The van der Waals surface area contributed by atoms with Crippen molar-refractivity contribution in [2.45, 2.75) is 6.92 Å². The van der Waals surface area contributed by atoms with Crippen LogP contribution in [-0.4, -0.2) is 17.9 Å². The molecule has 0 saturated carbocycles. The summed E-state index contributed by atoms with van der Waals surface area (Å²) in [7, 11) is 1.55. The summed E-state index contributed by atoms with van der Waals surface area (Å²) in [6.45, 7) is 1.95. The van der Waals surface area contributed by atoms with Crippen molar-refractivity contribution in [2.24, 2.45) is 0 Å². The number of hydrogen-bond acceptors (Lipinski definition) is 4. The van der Waals surface area contributed by atoms with E-state index in [9.17, 15) is 10.1 Å². The van der Waals surface area contributed by atoms with Crippen molar-refractivity contribution >= 4 is 23.4 Å². The molecule has 0 saturated heterocycles. The molecule has 0 radical (unpaired) electrons. The van der Waals surface area contributed by atoms with Crippen LogP contribution in [-0.2, 0) is 0 Å². The maximum atomic E-state index is 12.6. The number of hydrogen-bond donors (Lipinski definition) is 0. The minimum atomic E-state index is -0.282. The zero-order valence-corrected chi connectivity index (χ0v) is 14.4. The number of halogens is 1. The zero-order chi connectivity index (χ0) is 18.0. The van der Waals surface area contributed by atoms with E-state index in [0.29, 0.717) is 16.1 Å². The fourth-order valence-corrected chi connectivity index (χ4v) is 2.44. The molecular weight excluding hydrogens is 338 g/mol. The number of rotatable bonds is 3. The molecule has 25 heavy (non-hydrogen) atoms. The summed E-state index contributed by atoms with van der Waals surface area (Å²) < 4.78 is 5.69. The van der Waals surface area contributed by atoms with Gasteiger partial charge in [-0.1, -0.05) is 29.3 Å². The van der Waals surface area contributed by atoms with Gasteiger partial charge in [0, 0.05) is 23.2 Å². The molecule has 0 spiro atoms. The Kier molecular flexibility index (Phi) is 4.55. The van der Waals surface area contributed by atoms with Gasteiger partial charge >= 0.3 is 0 Å². The molecule has 0 unspecified atom stereocenters. The molecule has 3 rings (SSSR count). The molecule has 3 aromatic rings. The maximum absolute atomic E-state index is 12.6. The van der Waals surface area contributed by atoms with Gasteiger partial charge in [0.05, 0.1) is 0 Å². The highest BCUT2D eigenvalue weighted by Crippen LogP contribution is 2.29. The smallest absolute Gasteiger partial charge is 0.260 e. The fraction of sp³-hybridized carbons (Fsp3) is 0.105. The van der Waals surface area contributed by atoms with Gasteiger partial charge in [-0.25, -0.2) is 0 Å². The number of aryl methyl sites for hydroxylation is 1. The lowest BCUT2D eigenvalue weighted by Crippen LogP contribution is -2.26. The molecule has 1 heterocycles. The minimum Gasteiger partial charge on any atom is -0.419 e. The van der Waals surface area contributed by atoms with Crippen LogP contribution in [0.15, 0.2) is 52.9 Å². The average molecular weight is 352 g/mol. The predicted molar refractivity (Wildman–Crippen MR) is 95.6 cm³/mol. The highest BCUT2D eigenvalue weighted by Gasteiger charge is 2.23. The Morgan fingerprint density at radius 1 is 1.16 bits per heavy atom. The highest BCUT2D eigenvalue weighted by atomic mass is 35.5. The molecule has 1 amide bonds. The third-order valence-corrected chi connectivity index (χ3v) is 3.97. The van der Waals surface area contributed by atoms with Crippen LogP contribution in [0.4, 0.5) is 5.88 Å². The van der Waals surface area contributed by atoms with Gasteiger partial charge < -0.3 is 4.42 Å². The number of amides is 1. The first-order chi connectivity index (χ1) is 12.0. The summed E-state index contributed by atoms with van der Waals surface area (Å²) >= 11 is 5.88. The number of anilines is 1. The summed E-state index contributed by atoms with van der Waals surface area (Å²) in [5, 5.41) is 9.91. The van der Waals surface area contributed by atoms with E-state index in [1.54, 1.807) is 43.4 Å². The molecule has 0 aliphatic carbocycles. The van der Waals surface area contributed by atoms with Crippen LogP contribution in [0.5, 0.6) is 0 Å². The van der Waals surface area contributed by atoms with Gasteiger partial charge in [-0.05, 0) is 43.3 Å². The number of nitrogens with zero attached hydrogens (tertiary/aromatic N) is 3. The molecule has 0 aliphatic heterocycles. The van der Waals surface area contributed by atoms with Gasteiger partial charge in [0.15, 0.2) is 0 Å². The van der Waals surface area contributed by atoms with Crippen LogP contribution in [0.2, 0.25) is 5.02 Å². The van der Waals surface area contributed by atoms with E-state index >= 15 is 0 Å². The quantitative estimate of drug-likeness (QED) is 0.698. The van der Waals surface area contributed by atoms with Crippen molar-refractivity contribution in [3.05, 3.63) is 70.4 Å². The SMILES string of the molecule is Cc1ccc(C(=O)N(C)c2oc(-c3ccc(Cl)cc3)nc2C#N)cc1. The van der Waals surface area contributed by atoms with Crippen molar-refractivity contribution < 1.29 is 9.21 Å². The molecule has 2 aromatic carbocycles. The van der Waals surface area contributed by atoms with Crippen molar-refractivity contribution in [3.63, 3.8) is 0 Å². The van der Waals surface area contributed by atoms with Crippen molar-refractivity contribution in [2.75, 3.05) is 11.9 Å². The van der Waals surface area contributed by atoms with E-state index < -0.39 is 0 Å². The Hall–Kier alpha value is -3.10. The number of carbonyl (C=O) groups is 1. The standard InChI is InChI=1S/C19H14ClN3O2/c1-12-3-5-14(6-4-12)18(24)23(2)19-16(11-21)22-17(25-19)13-7-9-15(20)10-8-13/h3-10H,1-2H3. The molecule has 6 heteroatoms. The van der Waals surface area contributed by atoms with Crippen LogP contribution in [0, 0.1) is 18.3 Å². The molecule has 0 bridgehead atoms. The van der Waals surface area contributed by atoms with E-state index in [-0.39, 0.29) is 23.4 Å². The van der Waals surface area contributed by atoms with Crippen molar-refractivity contribution in [1.82, 2.24) is 4.98 Å². The molecule has 0 aliphatic rings. The average Bonchev–Trinajstić information content (AvgIpc) is 3.06. The number of nitriles is 1. The number of oxazole rings is 1. The summed E-state index contributed by atoms with van der Waals surface area (Å²) in [6.07, 6.45) is 0. The monoisotopic (exact) mass is 351 g/mol. The van der Waals surface area contributed by atoms with Gasteiger partial charge in [0.1, 0.15) is 6.07 Å². The second-order valence-corrected chi connectivity index (χ2v) is 5.96. The second-order valence-electron chi connectivity index (χ2n) is 5.52. The van der Waals surface area contributed by atoms with E-state index in [0.717, 1.165) is 5.56 Å². The van der Waals surface area contributed by atoms with E-state index in [1.807, 2.05) is 25.1 Å². The number of benzene rings is 2. The van der Waals surface area contributed by atoms with Gasteiger partial charge in [-0.3, -0.25) is 9.69 Å². The molecule has 0 fully saturated rings. The summed E-state index contributed by atoms with van der Waals surface area (Å²) in [6, 6.07) is 16.0. The molecule has 0 atom stereocenters. The third-order valence-electron chi connectivity index (χ3n) is 3.71. The van der Waals surface area contributed by atoms with Gasteiger partial charge in [0.25, 0.3) is 5.91 Å². The lowest BCUT2D eigenvalue weighted by Gasteiger charge is -2.14. The Bertz CT molecular complexity index is 954. The predicted octanol–water partition coefficient (Wildman–Crippen LogP) is 4.45. The summed E-state index contributed by atoms with van der Waals surface area (Å²) in [4.78, 5) is 18.1. The molecule has 1 aromatic heterocycles. The van der Waals surface area contributed by atoms with Crippen molar-refractivity contribution in [3.8, 4) is 17.5 Å². The summed E-state index contributed by atoms with van der Waals surface area (Å²) in [5.74, 6) is 0.0834. The first-order valence-corrected chi connectivity index (χ1v) is 7.89. The Morgan fingerprint density at radius 3 is 2.40 bits per heavy atom. The van der Waals surface area contributed by atoms with Crippen LogP contribution in [0.3, 0.4) is 0 Å². The lowest BCUT2D eigenvalue weighted by molar-refractivity contribution is 0.0989. The fourth-order valence-electron chi connectivity index (χ4n) is 2.31. The topological polar surface area (TPSA) is 70.1 Å². The van der Waals surface area contributed by atoms with Crippen LogP contribution in [0.25, 0.3) is 11.5 Å². The van der Waals surface area contributed by atoms with E-state index in [1.165, 1.54) is 4.90 Å². The molecule has 0 N–H and O–H groups in total. The van der Waals surface area contributed by atoms with Crippen LogP contribution >= 0.6 is 11.6 Å². The summed E-state index contributed by atoms with van der Waals surface area (Å²) in [5.41, 5.74) is 2.28. The number of aromatic nitrogens is 1. The Morgan fingerprint density at radius 2 is 1.80 bits per heavy atom. The first kappa shape index (κ1) is 16.7. The molecule has 124 valence electrons. The Balaban J connectivity index is 1.96. The zero-order valence-electron chi connectivity index (χ0n) is 13.7. The normalized spacial score (nSPS) is 10.3. The van der Waals surface area contributed by atoms with E-state index in [2.05, 4.69) is 4.98 Å². The maximum Gasteiger partial charge on any atom is 0.260 e. The van der Waals surface area contributed by atoms with Crippen LogP contribution in [0.1, 0.15) is 21.6 Å². The second kappa shape index (κ2) is 6.80. The van der Waals surface area contributed by atoms with E-state index in [4.69, 9.17) is 16.0 Å². The third kappa shape index (κ3) is 3.39.